The summed E-state index contributed by atoms with van der Waals surface area (Å²) in [6.45, 7) is 2.61. The molecule has 0 saturated carbocycles. The van der Waals surface area contributed by atoms with Crippen LogP contribution in [0, 0.1) is 0 Å². The number of methoxy groups -OCH3 is 2. The predicted octanol–water partition coefficient (Wildman–Crippen LogP) is 3.50. The third-order valence-electron chi connectivity index (χ3n) is 3.75. The molecular formula is C18H19N3O4S. The molecule has 3 aromatic rings. The van der Waals surface area contributed by atoms with Gasteiger partial charge in [0.05, 0.1) is 31.7 Å². The average Bonchev–Trinajstić information content (AvgIpc) is 3.11. The van der Waals surface area contributed by atoms with E-state index in [1.165, 1.54) is 11.3 Å². The van der Waals surface area contributed by atoms with Crippen LogP contribution < -0.4 is 14.8 Å². The summed E-state index contributed by atoms with van der Waals surface area (Å²) in [5.41, 5.74) is 0.953. The van der Waals surface area contributed by atoms with Crippen molar-refractivity contribution in [1.29, 1.82) is 0 Å². The molecular weight excluding hydrogens is 354 g/mol. The second-order valence-corrected chi connectivity index (χ2v) is 6.39. The van der Waals surface area contributed by atoms with Crippen molar-refractivity contribution in [3.05, 3.63) is 40.9 Å². The molecule has 7 nitrogen and oxygen atoms in total. The van der Waals surface area contributed by atoms with Gasteiger partial charge >= 0.3 is 5.97 Å². The molecule has 0 aliphatic heterocycles. The van der Waals surface area contributed by atoms with Crippen LogP contribution in [0.25, 0.3) is 10.1 Å². The highest BCUT2D eigenvalue weighted by Crippen LogP contribution is 2.31. The lowest BCUT2D eigenvalue weighted by atomic mass is 10.2. The van der Waals surface area contributed by atoms with Crippen LogP contribution in [0.3, 0.4) is 0 Å². The van der Waals surface area contributed by atoms with E-state index in [2.05, 4.69) is 15.5 Å². The summed E-state index contributed by atoms with van der Waals surface area (Å²) in [7, 11) is 3.23. The Morgan fingerprint density at radius 1 is 1.23 bits per heavy atom. The number of nitrogens with zero attached hydrogens (tertiary/aromatic N) is 2. The van der Waals surface area contributed by atoms with E-state index in [0.717, 1.165) is 27.1 Å². The Hall–Kier alpha value is -2.87. The van der Waals surface area contributed by atoms with Crippen LogP contribution in [0.2, 0.25) is 0 Å². The molecule has 0 amide bonds. The van der Waals surface area contributed by atoms with Gasteiger partial charge in [-0.2, -0.15) is 5.10 Å². The first-order chi connectivity index (χ1) is 12.7. The van der Waals surface area contributed by atoms with E-state index in [1.54, 1.807) is 33.4 Å². The van der Waals surface area contributed by atoms with Gasteiger partial charge in [0, 0.05) is 23.6 Å². The summed E-state index contributed by atoms with van der Waals surface area (Å²) in [5.74, 6) is 1.72. The molecule has 2 heterocycles. The first-order valence-electron chi connectivity index (χ1n) is 8.03. The fraction of sp³-hybridized carbons (Fsp3) is 0.278. The van der Waals surface area contributed by atoms with Gasteiger partial charge in [-0.3, -0.25) is 0 Å². The molecule has 0 aliphatic carbocycles. The molecule has 0 bridgehead atoms. The third kappa shape index (κ3) is 3.70. The van der Waals surface area contributed by atoms with Gasteiger partial charge in [-0.15, -0.1) is 16.4 Å². The lowest BCUT2D eigenvalue weighted by Gasteiger charge is -2.11. The second kappa shape index (κ2) is 8.01. The van der Waals surface area contributed by atoms with E-state index < -0.39 is 0 Å². The van der Waals surface area contributed by atoms with Crippen LogP contribution in [-0.2, 0) is 11.3 Å². The van der Waals surface area contributed by atoms with E-state index >= 15 is 0 Å². The van der Waals surface area contributed by atoms with Crippen molar-refractivity contribution in [1.82, 2.24) is 10.2 Å². The smallest absolute Gasteiger partial charge is 0.348 e. The fourth-order valence-corrected chi connectivity index (χ4v) is 3.46. The highest BCUT2D eigenvalue weighted by Gasteiger charge is 2.15. The fourth-order valence-electron chi connectivity index (χ4n) is 2.48. The van der Waals surface area contributed by atoms with Gasteiger partial charge in [0.25, 0.3) is 0 Å². The van der Waals surface area contributed by atoms with Crippen molar-refractivity contribution in [3.8, 4) is 11.5 Å². The van der Waals surface area contributed by atoms with Gasteiger partial charge in [0.15, 0.2) is 5.82 Å². The summed E-state index contributed by atoms with van der Waals surface area (Å²) < 4.78 is 16.5. The summed E-state index contributed by atoms with van der Waals surface area (Å²) in [5, 5.41) is 12.3. The Balaban J connectivity index is 1.84. The van der Waals surface area contributed by atoms with Gasteiger partial charge in [-0.05, 0) is 25.1 Å². The number of hydrogen-bond donors (Lipinski definition) is 1. The number of aromatic nitrogens is 2. The quantitative estimate of drug-likeness (QED) is 0.635. The molecule has 1 aromatic carbocycles. The maximum Gasteiger partial charge on any atom is 0.348 e. The van der Waals surface area contributed by atoms with E-state index in [1.807, 2.05) is 18.2 Å². The van der Waals surface area contributed by atoms with E-state index in [0.29, 0.717) is 23.8 Å². The number of anilines is 1. The van der Waals surface area contributed by atoms with Gasteiger partial charge < -0.3 is 19.5 Å². The molecule has 0 spiro atoms. The summed E-state index contributed by atoms with van der Waals surface area (Å²) in [6.07, 6.45) is 1.63. The van der Waals surface area contributed by atoms with Crippen LogP contribution in [0.4, 0.5) is 5.82 Å². The minimum Gasteiger partial charge on any atom is -0.497 e. The van der Waals surface area contributed by atoms with Crippen LogP contribution in [0.15, 0.2) is 30.5 Å². The summed E-state index contributed by atoms with van der Waals surface area (Å²) in [6, 6.07) is 7.39. The number of rotatable bonds is 7. The zero-order valence-electron chi connectivity index (χ0n) is 14.7. The molecule has 8 heteroatoms. The number of ether oxygens (including phenoxy) is 3. The highest BCUT2D eigenvalue weighted by atomic mass is 32.1. The van der Waals surface area contributed by atoms with Crippen molar-refractivity contribution in [2.45, 2.75) is 13.5 Å². The highest BCUT2D eigenvalue weighted by molar-refractivity contribution is 7.21. The van der Waals surface area contributed by atoms with Gasteiger partial charge in [-0.25, -0.2) is 4.79 Å². The normalized spacial score (nSPS) is 10.6. The zero-order valence-corrected chi connectivity index (χ0v) is 15.6. The maximum atomic E-state index is 11.9. The third-order valence-corrected chi connectivity index (χ3v) is 4.89. The Kier molecular flexibility index (Phi) is 5.52. The Bertz CT molecular complexity index is 926. The number of hydrogen-bond acceptors (Lipinski definition) is 8. The molecule has 2 aromatic heterocycles. The predicted molar refractivity (Wildman–Crippen MR) is 100 cm³/mol. The largest absolute Gasteiger partial charge is 0.497 e. The Morgan fingerprint density at radius 3 is 2.81 bits per heavy atom. The summed E-state index contributed by atoms with van der Waals surface area (Å²) >= 11 is 1.33. The molecule has 0 atom stereocenters. The van der Waals surface area contributed by atoms with Gasteiger partial charge in [-0.1, -0.05) is 0 Å². The minimum atomic E-state index is -0.337. The van der Waals surface area contributed by atoms with Gasteiger partial charge in [0.2, 0.25) is 0 Å². The number of esters is 1. The minimum absolute atomic E-state index is 0.337. The molecule has 0 radical (unpaired) electrons. The van der Waals surface area contributed by atoms with Crippen molar-refractivity contribution in [2.24, 2.45) is 0 Å². The Labute approximate surface area is 154 Å². The van der Waals surface area contributed by atoms with E-state index in [4.69, 9.17) is 14.2 Å². The molecule has 0 saturated heterocycles. The molecule has 136 valence electrons. The first-order valence-corrected chi connectivity index (χ1v) is 8.85. The number of fused-ring (bicyclic) bond motifs is 1. The SMILES string of the molecule is CCOC(=O)c1cc2cnnc(NCc3ccc(OC)cc3OC)c2s1. The molecule has 0 unspecified atom stereocenters. The van der Waals surface area contributed by atoms with Crippen LogP contribution in [0.1, 0.15) is 22.2 Å². The summed E-state index contributed by atoms with van der Waals surface area (Å²) in [4.78, 5) is 12.5. The monoisotopic (exact) mass is 373 g/mol. The number of nitrogens with one attached hydrogen (secondary N) is 1. The van der Waals surface area contributed by atoms with Crippen LogP contribution >= 0.6 is 11.3 Å². The number of thiophene rings is 1. The Morgan fingerprint density at radius 2 is 2.08 bits per heavy atom. The molecule has 3 rings (SSSR count). The van der Waals surface area contributed by atoms with Crippen LogP contribution in [0.5, 0.6) is 11.5 Å². The number of benzene rings is 1. The number of carbonyl (C=O) groups is 1. The van der Waals surface area contributed by atoms with Crippen molar-refractivity contribution < 1.29 is 19.0 Å². The standard InChI is InChI=1S/C18H19N3O4S/c1-4-25-18(22)15-7-12-10-20-21-17(16(12)26-15)19-9-11-5-6-13(23-2)8-14(11)24-3/h5-8,10H,4,9H2,1-3H3,(H,19,21). The molecule has 26 heavy (non-hydrogen) atoms. The lowest BCUT2D eigenvalue weighted by Crippen LogP contribution is -2.04. The first kappa shape index (κ1) is 17.9. The van der Waals surface area contributed by atoms with Crippen molar-refractivity contribution in [2.75, 3.05) is 26.1 Å². The second-order valence-electron chi connectivity index (χ2n) is 5.34. The number of carbonyl (C=O) groups excluding carboxylic acids is 1. The van der Waals surface area contributed by atoms with Gasteiger partial charge in [0.1, 0.15) is 16.4 Å². The molecule has 0 fully saturated rings. The van der Waals surface area contributed by atoms with E-state index in [9.17, 15) is 4.79 Å². The average molecular weight is 373 g/mol. The molecule has 0 aliphatic rings. The van der Waals surface area contributed by atoms with E-state index in [-0.39, 0.29) is 5.97 Å². The lowest BCUT2D eigenvalue weighted by molar-refractivity contribution is 0.0532. The van der Waals surface area contributed by atoms with Crippen LogP contribution in [-0.4, -0.2) is 37.0 Å². The maximum absolute atomic E-state index is 11.9. The topological polar surface area (TPSA) is 82.6 Å². The van der Waals surface area contributed by atoms with Crippen molar-refractivity contribution in [3.63, 3.8) is 0 Å². The molecule has 1 N–H and O–H groups in total. The van der Waals surface area contributed by atoms with Crippen molar-refractivity contribution >= 4 is 33.2 Å². The zero-order chi connectivity index (χ0) is 18.5.